The molecule has 2 atom stereocenters. The number of nitrogens with one attached hydrogen (secondary N) is 1. The van der Waals surface area contributed by atoms with Crippen LogP contribution in [0.3, 0.4) is 0 Å². The van der Waals surface area contributed by atoms with Crippen molar-refractivity contribution in [3.8, 4) is 17.1 Å². The Kier molecular flexibility index (Phi) is 4.14. The van der Waals surface area contributed by atoms with Crippen molar-refractivity contribution >= 4 is 28.0 Å². The smallest absolute Gasteiger partial charge is 0.419 e. The lowest BCUT2D eigenvalue weighted by Crippen LogP contribution is -2.26. The number of carbonyl (C=O) groups is 1. The second kappa shape index (κ2) is 6.94. The second-order valence-electron chi connectivity index (χ2n) is 8.76. The van der Waals surface area contributed by atoms with E-state index >= 15 is 0 Å². The summed E-state index contributed by atoms with van der Waals surface area (Å²) in [6.45, 7) is 2.59. The number of hydrogen-bond donors (Lipinski definition) is 1. The highest BCUT2D eigenvalue weighted by molar-refractivity contribution is 5.87. The van der Waals surface area contributed by atoms with Crippen LogP contribution in [0.5, 0.6) is 5.88 Å². The molecule has 1 N–H and O–H groups in total. The summed E-state index contributed by atoms with van der Waals surface area (Å²) >= 11 is 0. The number of aromatic nitrogens is 4. The first-order chi connectivity index (χ1) is 15.5. The summed E-state index contributed by atoms with van der Waals surface area (Å²) in [4.78, 5) is 33.1. The summed E-state index contributed by atoms with van der Waals surface area (Å²) in [7, 11) is 1.68. The van der Waals surface area contributed by atoms with Crippen LogP contribution in [0.4, 0.5) is 0 Å². The number of rotatable bonds is 5. The van der Waals surface area contributed by atoms with Crippen molar-refractivity contribution in [3.63, 3.8) is 0 Å². The number of nitrogens with zero attached hydrogens (tertiary/aromatic N) is 4. The molecule has 1 saturated heterocycles. The van der Waals surface area contributed by atoms with E-state index in [-0.39, 0.29) is 17.9 Å². The lowest BCUT2D eigenvalue weighted by atomic mass is 10.0. The first-order valence-electron chi connectivity index (χ1n) is 10.9. The van der Waals surface area contributed by atoms with Crippen LogP contribution in [0.15, 0.2) is 39.8 Å². The lowest BCUT2D eigenvalue weighted by molar-refractivity contribution is -0.119. The Hall–Kier alpha value is -3.62. The number of fused-ring (bicyclic) bond motifs is 2. The maximum absolute atomic E-state index is 11.9. The van der Waals surface area contributed by atoms with Gasteiger partial charge >= 0.3 is 5.76 Å². The van der Waals surface area contributed by atoms with Crippen molar-refractivity contribution in [1.29, 1.82) is 0 Å². The van der Waals surface area contributed by atoms with Gasteiger partial charge in [0.1, 0.15) is 11.6 Å². The molecule has 1 aliphatic heterocycles. The molecule has 6 rings (SSSR count). The van der Waals surface area contributed by atoms with Gasteiger partial charge in [0, 0.05) is 37.5 Å². The second-order valence-corrected chi connectivity index (χ2v) is 8.76. The number of amides is 1. The van der Waals surface area contributed by atoms with Crippen LogP contribution >= 0.6 is 0 Å². The quantitative estimate of drug-likeness (QED) is 0.519. The summed E-state index contributed by atoms with van der Waals surface area (Å²) in [6, 6.07) is 7.92. The van der Waals surface area contributed by atoms with Crippen LogP contribution in [0.1, 0.15) is 32.2 Å². The average Bonchev–Trinajstić information content (AvgIpc) is 3.26. The van der Waals surface area contributed by atoms with E-state index in [0.29, 0.717) is 41.7 Å². The van der Waals surface area contributed by atoms with E-state index in [1.807, 2.05) is 31.5 Å². The fraction of sp³-hybridized carbons (Fsp3) is 0.391. The highest BCUT2D eigenvalue weighted by Crippen LogP contribution is 2.40. The topological polar surface area (TPSA) is 104 Å². The minimum absolute atomic E-state index is 0.0550. The van der Waals surface area contributed by atoms with E-state index in [4.69, 9.17) is 14.1 Å². The standard InChI is InChI=1S/C23H23N5O4/c1-12(14-8-20(29)24-10-14)31-22-21-17(25-11-28(21)15-4-5-15)9-16(26-22)13-3-6-19-18(7-13)27(2)23(30)32-19/h3,6-7,9,11-12,14-15H,4-5,8,10H2,1-2H3,(H,24,29)/t12-,14?/m1/s1. The maximum Gasteiger partial charge on any atom is 0.419 e. The largest absolute Gasteiger partial charge is 0.473 e. The van der Waals surface area contributed by atoms with Gasteiger partial charge in [-0.05, 0) is 44.0 Å². The predicted octanol–water partition coefficient (Wildman–Crippen LogP) is 2.78. The molecule has 164 valence electrons. The summed E-state index contributed by atoms with van der Waals surface area (Å²) < 4.78 is 15.3. The molecule has 0 radical (unpaired) electrons. The van der Waals surface area contributed by atoms with Crippen LogP contribution in [-0.4, -0.2) is 37.7 Å². The fourth-order valence-electron chi connectivity index (χ4n) is 4.40. The van der Waals surface area contributed by atoms with E-state index in [0.717, 1.165) is 29.4 Å². The first kappa shape index (κ1) is 19.1. The van der Waals surface area contributed by atoms with Crippen molar-refractivity contribution in [1.82, 2.24) is 24.4 Å². The van der Waals surface area contributed by atoms with E-state index < -0.39 is 5.76 Å². The Morgan fingerprint density at radius 3 is 2.84 bits per heavy atom. The molecule has 32 heavy (non-hydrogen) atoms. The number of oxazole rings is 1. The van der Waals surface area contributed by atoms with Gasteiger partial charge in [-0.15, -0.1) is 0 Å². The first-order valence-corrected chi connectivity index (χ1v) is 10.9. The van der Waals surface area contributed by atoms with Gasteiger partial charge in [0.25, 0.3) is 0 Å². The van der Waals surface area contributed by atoms with Gasteiger partial charge < -0.3 is 19.0 Å². The molecular formula is C23H23N5O4. The lowest BCUT2D eigenvalue weighted by Gasteiger charge is -2.20. The normalized spacial score (nSPS) is 19.6. The highest BCUT2D eigenvalue weighted by atomic mass is 16.5. The van der Waals surface area contributed by atoms with Crippen molar-refractivity contribution in [2.45, 2.75) is 38.3 Å². The van der Waals surface area contributed by atoms with E-state index in [9.17, 15) is 9.59 Å². The summed E-state index contributed by atoms with van der Waals surface area (Å²) in [6.07, 6.45) is 4.37. The zero-order valence-electron chi connectivity index (χ0n) is 17.9. The van der Waals surface area contributed by atoms with Gasteiger partial charge in [-0.2, -0.15) is 0 Å². The Balaban J connectivity index is 1.46. The SMILES string of the molecule is C[C@@H](Oc1nc(-c2ccc3oc(=O)n(C)c3c2)cc2ncn(C3CC3)c12)C1CNC(=O)C1. The highest BCUT2D eigenvalue weighted by Gasteiger charge is 2.31. The van der Waals surface area contributed by atoms with Gasteiger partial charge in [-0.25, -0.2) is 14.8 Å². The zero-order valence-corrected chi connectivity index (χ0v) is 17.9. The van der Waals surface area contributed by atoms with Crippen molar-refractivity contribution in [2.24, 2.45) is 13.0 Å². The number of aryl methyl sites for hydroxylation is 1. The molecule has 4 aromatic rings. The molecular weight excluding hydrogens is 410 g/mol. The van der Waals surface area contributed by atoms with Gasteiger partial charge in [-0.3, -0.25) is 9.36 Å². The van der Waals surface area contributed by atoms with Crippen LogP contribution in [0.25, 0.3) is 33.4 Å². The monoisotopic (exact) mass is 433 g/mol. The maximum atomic E-state index is 11.9. The number of benzene rings is 1. The molecule has 1 aromatic carbocycles. The van der Waals surface area contributed by atoms with Crippen molar-refractivity contribution in [3.05, 3.63) is 41.1 Å². The van der Waals surface area contributed by atoms with Crippen molar-refractivity contribution in [2.75, 3.05) is 6.54 Å². The number of carbonyl (C=O) groups excluding carboxylic acids is 1. The van der Waals surface area contributed by atoms with Gasteiger partial charge in [-0.1, -0.05) is 0 Å². The van der Waals surface area contributed by atoms with Crippen LogP contribution in [0, 0.1) is 5.92 Å². The molecule has 9 nitrogen and oxygen atoms in total. The van der Waals surface area contributed by atoms with E-state index in [2.05, 4.69) is 14.9 Å². The number of hydrogen-bond acceptors (Lipinski definition) is 6. The Labute approximate surface area is 183 Å². The molecule has 0 spiro atoms. The zero-order chi connectivity index (χ0) is 22.0. The number of ether oxygens (including phenoxy) is 1. The summed E-state index contributed by atoms with van der Waals surface area (Å²) in [5, 5.41) is 2.88. The summed E-state index contributed by atoms with van der Waals surface area (Å²) in [5.74, 6) is 0.271. The minimum atomic E-state index is -0.402. The Morgan fingerprint density at radius 2 is 2.09 bits per heavy atom. The summed E-state index contributed by atoms with van der Waals surface area (Å²) in [5.41, 5.74) is 4.47. The fourth-order valence-corrected chi connectivity index (χ4v) is 4.40. The predicted molar refractivity (Wildman–Crippen MR) is 117 cm³/mol. The Bertz CT molecular complexity index is 1430. The molecule has 1 saturated carbocycles. The third-order valence-corrected chi connectivity index (χ3v) is 6.52. The third-order valence-electron chi connectivity index (χ3n) is 6.52. The van der Waals surface area contributed by atoms with Gasteiger partial charge in [0.05, 0.1) is 23.1 Å². The third kappa shape index (κ3) is 3.07. The molecule has 0 bridgehead atoms. The Morgan fingerprint density at radius 1 is 1.25 bits per heavy atom. The molecule has 3 aromatic heterocycles. The molecule has 4 heterocycles. The minimum Gasteiger partial charge on any atom is -0.473 e. The number of imidazole rings is 1. The molecule has 1 unspecified atom stereocenters. The van der Waals surface area contributed by atoms with E-state index in [1.54, 1.807) is 13.1 Å². The molecule has 2 fully saturated rings. The van der Waals surface area contributed by atoms with Gasteiger partial charge in [0.15, 0.2) is 5.58 Å². The van der Waals surface area contributed by atoms with Gasteiger partial charge in [0.2, 0.25) is 11.8 Å². The molecule has 1 aliphatic carbocycles. The van der Waals surface area contributed by atoms with Crippen LogP contribution in [0.2, 0.25) is 0 Å². The average molecular weight is 433 g/mol. The molecule has 9 heteroatoms. The van der Waals surface area contributed by atoms with E-state index in [1.165, 1.54) is 4.57 Å². The number of pyridine rings is 1. The van der Waals surface area contributed by atoms with Crippen molar-refractivity contribution < 1.29 is 13.9 Å². The van der Waals surface area contributed by atoms with Crippen LogP contribution in [-0.2, 0) is 11.8 Å². The molecule has 1 amide bonds. The van der Waals surface area contributed by atoms with Crippen LogP contribution < -0.4 is 15.8 Å². The molecule has 2 aliphatic rings.